The third-order valence-electron chi connectivity index (χ3n) is 3.41. The van der Waals surface area contributed by atoms with Crippen molar-refractivity contribution in [3.8, 4) is 5.88 Å². The fourth-order valence-corrected chi connectivity index (χ4v) is 2.08. The van der Waals surface area contributed by atoms with E-state index >= 15 is 0 Å². The number of carbonyl (C=O) groups is 1. The fourth-order valence-electron chi connectivity index (χ4n) is 2.08. The number of rotatable bonds is 10. The molecule has 1 heterocycles. The first-order valence-electron chi connectivity index (χ1n) is 7.36. The van der Waals surface area contributed by atoms with Crippen molar-refractivity contribution in [3.63, 3.8) is 0 Å². The first-order valence-corrected chi connectivity index (χ1v) is 7.36. The van der Waals surface area contributed by atoms with E-state index in [0.717, 1.165) is 32.5 Å². The van der Waals surface area contributed by atoms with Gasteiger partial charge in [-0.15, -0.1) is 0 Å². The van der Waals surface area contributed by atoms with Crippen molar-refractivity contribution in [2.45, 2.75) is 32.9 Å². The zero-order chi connectivity index (χ0) is 15.7. The predicted octanol–water partition coefficient (Wildman–Crippen LogP) is 1.18. The first-order chi connectivity index (χ1) is 10.1. The molecule has 1 aromatic heterocycles. The second-order valence-electron chi connectivity index (χ2n) is 4.73. The number of nitrogens with zero attached hydrogens (tertiary/aromatic N) is 2. The van der Waals surface area contributed by atoms with Gasteiger partial charge >= 0.3 is 57.4 Å². The van der Waals surface area contributed by atoms with Crippen LogP contribution in [-0.2, 0) is 0 Å². The number of nitrogens with one attached hydrogen (secondary N) is 1. The van der Waals surface area contributed by atoms with Gasteiger partial charge in [0, 0.05) is 6.20 Å². The van der Waals surface area contributed by atoms with Gasteiger partial charge in [-0.2, -0.15) is 0 Å². The number of pyridine rings is 1. The minimum atomic E-state index is -1.03. The standard InChI is InChI=1S/C15H25N3O3.K.H/c1-4-18(5-2)11-7-9-13(16-3)21-14-12(15(19)20)8-6-10-17-14;;/h6,8,10,13,16H,4-5,7,9,11H2,1-3H3,(H,19,20);;. The number of aromatic nitrogens is 1. The summed E-state index contributed by atoms with van der Waals surface area (Å²) in [6.07, 6.45) is 3.06. The molecular formula is C15H26KN3O3. The molecule has 0 aromatic carbocycles. The van der Waals surface area contributed by atoms with Gasteiger partial charge in [0.2, 0.25) is 5.88 Å². The van der Waals surface area contributed by atoms with Crippen molar-refractivity contribution in [3.05, 3.63) is 23.9 Å². The summed E-state index contributed by atoms with van der Waals surface area (Å²) in [7, 11) is 1.80. The van der Waals surface area contributed by atoms with Crippen LogP contribution in [0.15, 0.2) is 18.3 Å². The SMILES string of the molecule is CCN(CC)CCCC(NC)Oc1ncccc1C(=O)O.[KH]. The Morgan fingerprint density at radius 3 is 2.68 bits per heavy atom. The van der Waals surface area contributed by atoms with E-state index in [-0.39, 0.29) is 69.1 Å². The second kappa shape index (κ2) is 12.4. The van der Waals surface area contributed by atoms with Gasteiger partial charge in [0.1, 0.15) is 5.56 Å². The third-order valence-corrected chi connectivity index (χ3v) is 3.41. The molecule has 0 amide bonds. The Labute approximate surface area is 175 Å². The summed E-state index contributed by atoms with van der Waals surface area (Å²) >= 11 is 0. The van der Waals surface area contributed by atoms with Crippen LogP contribution in [-0.4, -0.2) is 105 Å². The molecular weight excluding hydrogens is 309 g/mol. The fraction of sp³-hybridized carbons (Fsp3) is 0.600. The molecule has 1 rings (SSSR count). The summed E-state index contributed by atoms with van der Waals surface area (Å²) in [6.45, 7) is 7.35. The molecule has 2 N–H and O–H groups in total. The van der Waals surface area contributed by atoms with Gasteiger partial charge in [-0.3, -0.25) is 5.32 Å². The normalized spacial score (nSPS) is 11.8. The minimum absolute atomic E-state index is 0. The van der Waals surface area contributed by atoms with Crippen molar-refractivity contribution in [1.82, 2.24) is 15.2 Å². The van der Waals surface area contributed by atoms with E-state index in [0.29, 0.717) is 0 Å². The molecule has 0 aliphatic rings. The maximum absolute atomic E-state index is 11.1. The Balaban J connectivity index is 0.00000441. The van der Waals surface area contributed by atoms with Gasteiger partial charge in [-0.1, -0.05) is 13.8 Å². The number of carboxylic acid groups (broad SMARTS) is 1. The van der Waals surface area contributed by atoms with Crippen LogP contribution in [0.2, 0.25) is 0 Å². The van der Waals surface area contributed by atoms with Crippen LogP contribution >= 0.6 is 0 Å². The van der Waals surface area contributed by atoms with Crippen LogP contribution in [0.4, 0.5) is 0 Å². The van der Waals surface area contributed by atoms with Crippen molar-refractivity contribution in [1.29, 1.82) is 0 Å². The van der Waals surface area contributed by atoms with E-state index in [2.05, 4.69) is 29.0 Å². The van der Waals surface area contributed by atoms with E-state index in [9.17, 15) is 4.79 Å². The van der Waals surface area contributed by atoms with Gasteiger partial charge in [-0.25, -0.2) is 9.78 Å². The Kier molecular flexibility index (Phi) is 12.4. The van der Waals surface area contributed by atoms with Gasteiger partial charge in [0.15, 0.2) is 6.23 Å². The Morgan fingerprint density at radius 2 is 2.14 bits per heavy atom. The van der Waals surface area contributed by atoms with Crippen LogP contribution in [0.3, 0.4) is 0 Å². The van der Waals surface area contributed by atoms with E-state index in [1.54, 1.807) is 13.1 Å². The molecule has 1 atom stereocenters. The summed E-state index contributed by atoms with van der Waals surface area (Å²) in [4.78, 5) is 17.5. The second-order valence-corrected chi connectivity index (χ2v) is 4.73. The first kappa shape index (κ1) is 22.0. The average molecular weight is 335 g/mol. The van der Waals surface area contributed by atoms with Crippen molar-refractivity contribution in [2.75, 3.05) is 26.7 Å². The van der Waals surface area contributed by atoms with Crippen LogP contribution < -0.4 is 10.1 Å². The third kappa shape index (κ3) is 7.50. The molecule has 7 heteroatoms. The van der Waals surface area contributed by atoms with Gasteiger partial charge in [0.05, 0.1) is 0 Å². The van der Waals surface area contributed by atoms with E-state index in [1.807, 2.05) is 0 Å². The molecule has 0 aliphatic heterocycles. The molecule has 1 aromatic rings. The molecule has 0 saturated carbocycles. The zero-order valence-electron chi connectivity index (χ0n) is 13.0. The molecule has 0 spiro atoms. The van der Waals surface area contributed by atoms with Crippen LogP contribution in [0.1, 0.15) is 37.0 Å². The number of carboxylic acids is 1. The predicted molar refractivity (Wildman–Crippen MR) is 88.8 cm³/mol. The summed E-state index contributed by atoms with van der Waals surface area (Å²) in [6, 6.07) is 3.08. The van der Waals surface area contributed by atoms with Gasteiger partial charge in [-0.05, 0) is 51.7 Å². The molecule has 0 fully saturated rings. The summed E-state index contributed by atoms with van der Waals surface area (Å²) in [5.74, 6) is -0.872. The quantitative estimate of drug-likeness (QED) is 0.494. The zero-order valence-corrected chi connectivity index (χ0v) is 13.0. The number of ether oxygens (including phenoxy) is 1. The topological polar surface area (TPSA) is 74.7 Å². The van der Waals surface area contributed by atoms with Crippen LogP contribution in [0.5, 0.6) is 5.88 Å². The number of aromatic carboxylic acids is 1. The summed E-state index contributed by atoms with van der Waals surface area (Å²) < 4.78 is 5.68. The van der Waals surface area contributed by atoms with Gasteiger partial charge < -0.3 is 14.7 Å². The molecule has 0 bridgehead atoms. The van der Waals surface area contributed by atoms with E-state index in [4.69, 9.17) is 9.84 Å². The van der Waals surface area contributed by atoms with Crippen LogP contribution in [0.25, 0.3) is 0 Å². The Bertz CT molecular complexity index is 442. The van der Waals surface area contributed by atoms with Crippen LogP contribution in [0, 0.1) is 0 Å². The molecule has 120 valence electrons. The molecule has 0 aliphatic carbocycles. The molecule has 0 saturated heterocycles. The van der Waals surface area contributed by atoms with Crippen molar-refractivity contribution in [2.24, 2.45) is 0 Å². The van der Waals surface area contributed by atoms with E-state index in [1.165, 1.54) is 12.3 Å². The number of hydrogen-bond acceptors (Lipinski definition) is 5. The Morgan fingerprint density at radius 1 is 1.45 bits per heavy atom. The maximum atomic E-state index is 11.1. The van der Waals surface area contributed by atoms with E-state index < -0.39 is 5.97 Å². The summed E-state index contributed by atoms with van der Waals surface area (Å²) in [5, 5.41) is 12.2. The molecule has 1 unspecified atom stereocenters. The average Bonchev–Trinajstić information content (AvgIpc) is 2.50. The van der Waals surface area contributed by atoms with Crippen molar-refractivity contribution >= 4 is 57.4 Å². The molecule has 6 nitrogen and oxygen atoms in total. The van der Waals surface area contributed by atoms with Crippen molar-refractivity contribution < 1.29 is 14.6 Å². The monoisotopic (exact) mass is 335 g/mol. The number of hydrogen-bond donors (Lipinski definition) is 2. The Hall–Kier alpha value is -0.0236. The molecule has 22 heavy (non-hydrogen) atoms. The van der Waals surface area contributed by atoms with Gasteiger partial charge in [0.25, 0.3) is 0 Å². The molecule has 0 radical (unpaired) electrons. The summed E-state index contributed by atoms with van der Waals surface area (Å²) in [5.41, 5.74) is 0.0847.